The Bertz CT molecular complexity index is 181. The zero-order valence-corrected chi connectivity index (χ0v) is 8.66. The molecule has 0 radical (unpaired) electrons. The first-order valence-corrected chi connectivity index (χ1v) is 5.26. The van der Waals surface area contributed by atoms with Gasteiger partial charge in [-0.3, -0.25) is 4.90 Å². The molecule has 2 fully saturated rings. The van der Waals surface area contributed by atoms with E-state index in [0.717, 1.165) is 26.2 Å². The van der Waals surface area contributed by atoms with Gasteiger partial charge in [0.05, 0.1) is 0 Å². The van der Waals surface area contributed by atoms with Gasteiger partial charge in [-0.25, -0.2) is 0 Å². The molecule has 0 bridgehead atoms. The monoisotopic (exact) mass is 184 g/mol. The Hall–Kier alpha value is -0.120. The summed E-state index contributed by atoms with van der Waals surface area (Å²) in [4.78, 5) is 4.56. The van der Waals surface area contributed by atoms with Crippen molar-refractivity contribution in [2.45, 2.75) is 25.5 Å². The number of hydrogen-bond acceptors (Lipinski definition) is 3. The molecule has 0 aromatic carbocycles. The molecule has 3 heteroatoms. The van der Waals surface area contributed by atoms with Gasteiger partial charge in [0.2, 0.25) is 0 Å². The first kappa shape index (κ1) is 9.44. The maximum atomic E-state index is 10.3. The third-order valence-electron chi connectivity index (χ3n) is 3.49. The number of nitrogens with zero attached hydrogens (tertiary/aromatic N) is 2. The lowest BCUT2D eigenvalue weighted by Gasteiger charge is -2.42. The van der Waals surface area contributed by atoms with Crippen LogP contribution >= 0.6 is 0 Å². The summed E-state index contributed by atoms with van der Waals surface area (Å²) in [6.07, 6.45) is 2.42. The fourth-order valence-corrected chi connectivity index (χ4v) is 2.15. The summed E-state index contributed by atoms with van der Waals surface area (Å²) in [6, 6.07) is 0. The van der Waals surface area contributed by atoms with Gasteiger partial charge < -0.3 is 10.0 Å². The van der Waals surface area contributed by atoms with Gasteiger partial charge >= 0.3 is 0 Å². The quantitative estimate of drug-likeness (QED) is 0.671. The van der Waals surface area contributed by atoms with E-state index in [1.807, 2.05) is 6.92 Å². The summed E-state index contributed by atoms with van der Waals surface area (Å²) < 4.78 is 0. The second-order valence-electron chi connectivity index (χ2n) is 4.66. The lowest BCUT2D eigenvalue weighted by Crippen LogP contribution is -2.56. The normalized spacial score (nSPS) is 31.6. The minimum Gasteiger partial charge on any atom is -0.376 e. The maximum Gasteiger partial charge on any atom is 0.118 e. The number of hydrogen-bond donors (Lipinski definition) is 1. The highest BCUT2D eigenvalue weighted by Crippen LogP contribution is 2.41. The highest BCUT2D eigenvalue weighted by molar-refractivity contribution is 4.92. The first-order valence-electron chi connectivity index (χ1n) is 5.26. The molecule has 0 spiro atoms. The zero-order chi connectivity index (χ0) is 9.47. The van der Waals surface area contributed by atoms with Gasteiger partial charge in [0, 0.05) is 32.1 Å². The summed E-state index contributed by atoms with van der Waals surface area (Å²) in [5.41, 5.74) is -0.527. The molecule has 1 N–H and O–H groups in total. The molecule has 1 heterocycles. The van der Waals surface area contributed by atoms with Crippen molar-refractivity contribution in [3.8, 4) is 0 Å². The minimum absolute atomic E-state index is 0.527. The molecular formula is C10H20N2O. The van der Waals surface area contributed by atoms with Crippen LogP contribution in [0.4, 0.5) is 0 Å². The van der Waals surface area contributed by atoms with Crippen LogP contribution in [0.15, 0.2) is 0 Å². The Morgan fingerprint density at radius 1 is 1.15 bits per heavy atom. The zero-order valence-electron chi connectivity index (χ0n) is 8.66. The van der Waals surface area contributed by atoms with E-state index in [4.69, 9.17) is 0 Å². The highest BCUT2D eigenvalue weighted by atomic mass is 16.3. The van der Waals surface area contributed by atoms with Crippen LogP contribution in [0.1, 0.15) is 19.8 Å². The molecule has 0 aromatic heterocycles. The Balaban J connectivity index is 1.92. The van der Waals surface area contributed by atoms with E-state index in [0.29, 0.717) is 5.92 Å². The van der Waals surface area contributed by atoms with E-state index in [-0.39, 0.29) is 0 Å². The average Bonchev–Trinajstić information content (AvgIpc) is 2.87. The fourth-order valence-electron chi connectivity index (χ4n) is 2.15. The first-order chi connectivity index (χ1) is 6.10. The van der Waals surface area contributed by atoms with E-state index in [9.17, 15) is 5.11 Å². The van der Waals surface area contributed by atoms with Crippen LogP contribution in [-0.2, 0) is 0 Å². The standard InChI is InChI=1S/C10H20N2O/c1-10(13,9-3-4-9)12-7-5-11(2)6-8-12/h9,13H,3-8H2,1-2H3. The van der Waals surface area contributed by atoms with Gasteiger partial charge in [-0.15, -0.1) is 0 Å². The Labute approximate surface area is 80.3 Å². The van der Waals surface area contributed by atoms with Crippen LogP contribution in [-0.4, -0.2) is 53.9 Å². The second kappa shape index (κ2) is 3.23. The molecule has 1 saturated carbocycles. The van der Waals surface area contributed by atoms with Gasteiger partial charge in [0.1, 0.15) is 5.72 Å². The van der Waals surface area contributed by atoms with Gasteiger partial charge in [-0.05, 0) is 26.8 Å². The fraction of sp³-hybridized carbons (Fsp3) is 1.00. The molecule has 1 aliphatic carbocycles. The molecule has 76 valence electrons. The average molecular weight is 184 g/mol. The predicted molar refractivity (Wildman–Crippen MR) is 52.4 cm³/mol. The highest BCUT2D eigenvalue weighted by Gasteiger charge is 2.44. The van der Waals surface area contributed by atoms with Crippen molar-refractivity contribution in [3.05, 3.63) is 0 Å². The van der Waals surface area contributed by atoms with Crippen LogP contribution in [0.25, 0.3) is 0 Å². The number of aliphatic hydroxyl groups is 1. The molecule has 1 aliphatic heterocycles. The molecule has 1 saturated heterocycles. The summed E-state index contributed by atoms with van der Waals surface area (Å²) in [5.74, 6) is 0.538. The molecule has 1 unspecified atom stereocenters. The van der Waals surface area contributed by atoms with Gasteiger partial charge in [0.25, 0.3) is 0 Å². The molecule has 2 rings (SSSR count). The summed E-state index contributed by atoms with van der Waals surface area (Å²) in [6.45, 7) is 6.18. The molecule has 0 amide bonds. The summed E-state index contributed by atoms with van der Waals surface area (Å²) >= 11 is 0. The van der Waals surface area contributed by atoms with Crippen molar-refractivity contribution in [2.75, 3.05) is 33.2 Å². The summed E-state index contributed by atoms with van der Waals surface area (Å²) in [7, 11) is 2.14. The largest absolute Gasteiger partial charge is 0.376 e. The van der Waals surface area contributed by atoms with Crippen LogP contribution in [0.2, 0.25) is 0 Å². The van der Waals surface area contributed by atoms with Crippen LogP contribution in [0, 0.1) is 5.92 Å². The van der Waals surface area contributed by atoms with Crippen molar-refractivity contribution in [2.24, 2.45) is 5.92 Å². The Morgan fingerprint density at radius 3 is 2.15 bits per heavy atom. The molecule has 0 aromatic rings. The Morgan fingerprint density at radius 2 is 1.69 bits per heavy atom. The van der Waals surface area contributed by atoms with Crippen molar-refractivity contribution >= 4 is 0 Å². The van der Waals surface area contributed by atoms with Crippen molar-refractivity contribution in [1.29, 1.82) is 0 Å². The molecule has 3 nitrogen and oxygen atoms in total. The number of rotatable bonds is 2. The van der Waals surface area contributed by atoms with Crippen LogP contribution in [0.5, 0.6) is 0 Å². The van der Waals surface area contributed by atoms with Crippen LogP contribution in [0.3, 0.4) is 0 Å². The predicted octanol–water partition coefficient (Wildman–Crippen LogP) is 0.352. The van der Waals surface area contributed by atoms with Crippen molar-refractivity contribution in [1.82, 2.24) is 9.80 Å². The Kier molecular flexibility index (Phi) is 2.34. The van der Waals surface area contributed by atoms with Gasteiger partial charge in [-0.2, -0.15) is 0 Å². The maximum absolute atomic E-state index is 10.3. The van der Waals surface area contributed by atoms with Crippen molar-refractivity contribution in [3.63, 3.8) is 0 Å². The minimum atomic E-state index is -0.527. The van der Waals surface area contributed by atoms with E-state index < -0.39 is 5.72 Å². The third-order valence-corrected chi connectivity index (χ3v) is 3.49. The van der Waals surface area contributed by atoms with Crippen LogP contribution < -0.4 is 0 Å². The van der Waals surface area contributed by atoms with E-state index in [1.165, 1.54) is 12.8 Å². The smallest absolute Gasteiger partial charge is 0.118 e. The molecule has 2 aliphatic rings. The molecular weight excluding hydrogens is 164 g/mol. The third kappa shape index (κ3) is 1.87. The van der Waals surface area contributed by atoms with Gasteiger partial charge in [-0.1, -0.05) is 0 Å². The lowest BCUT2D eigenvalue weighted by atomic mass is 10.1. The topological polar surface area (TPSA) is 26.7 Å². The van der Waals surface area contributed by atoms with Gasteiger partial charge in [0.15, 0.2) is 0 Å². The number of likely N-dealkylation sites (N-methyl/N-ethyl adjacent to an activating group) is 1. The number of piperazine rings is 1. The lowest BCUT2D eigenvalue weighted by molar-refractivity contribution is -0.124. The van der Waals surface area contributed by atoms with E-state index in [2.05, 4.69) is 16.8 Å². The van der Waals surface area contributed by atoms with Crippen molar-refractivity contribution < 1.29 is 5.11 Å². The van der Waals surface area contributed by atoms with E-state index in [1.54, 1.807) is 0 Å². The second-order valence-corrected chi connectivity index (χ2v) is 4.66. The molecule has 1 atom stereocenters. The SMILES string of the molecule is CN1CCN(C(C)(O)C2CC2)CC1. The van der Waals surface area contributed by atoms with E-state index >= 15 is 0 Å². The summed E-state index contributed by atoms with van der Waals surface area (Å²) in [5, 5.41) is 10.3. The molecule has 13 heavy (non-hydrogen) atoms.